The normalized spacial score (nSPS) is 15.5. The molecule has 86 valence electrons. The first-order valence-electron chi connectivity index (χ1n) is 4.59. The molecule has 0 spiro atoms. The maximum Gasteiger partial charge on any atom is 0.152 e. The molecule has 2 nitrogen and oxygen atoms in total. The van der Waals surface area contributed by atoms with Gasteiger partial charge in [-0.2, -0.15) is 0 Å². The van der Waals surface area contributed by atoms with E-state index in [9.17, 15) is 0 Å². The van der Waals surface area contributed by atoms with Gasteiger partial charge in [0.2, 0.25) is 0 Å². The van der Waals surface area contributed by atoms with Gasteiger partial charge in [0.15, 0.2) is 5.76 Å². The summed E-state index contributed by atoms with van der Waals surface area (Å²) in [6.45, 7) is 13.1. The van der Waals surface area contributed by atoms with Crippen molar-refractivity contribution in [3.63, 3.8) is 0 Å². The summed E-state index contributed by atoms with van der Waals surface area (Å²) in [5, 5.41) is 0. The van der Waals surface area contributed by atoms with Crippen molar-refractivity contribution >= 4 is 0 Å². The van der Waals surface area contributed by atoms with E-state index in [1.807, 2.05) is 20.8 Å². The topological polar surface area (TPSA) is 18.5 Å². The Kier molecular flexibility index (Phi) is 5.67. The average molecular weight is 387 g/mol. The molecule has 0 fully saturated rings. The van der Waals surface area contributed by atoms with Crippen LogP contribution in [0.5, 0.6) is 0 Å². The summed E-state index contributed by atoms with van der Waals surface area (Å²) in [5.41, 5.74) is 0. The Morgan fingerprint density at radius 1 is 0.933 bits per heavy atom. The van der Waals surface area contributed by atoms with Crippen molar-refractivity contribution < 1.29 is 30.5 Å². The third kappa shape index (κ3) is 3.10. The Labute approximate surface area is 106 Å². The van der Waals surface area contributed by atoms with Gasteiger partial charge in [0.05, 0.1) is 5.92 Å². The predicted octanol–water partition coefficient (Wildman–Crippen LogP) is 3.50. The van der Waals surface area contributed by atoms with Crippen LogP contribution in [0.1, 0.15) is 20.8 Å². The Hall–Kier alpha value is -0.752. The molecule has 0 unspecified atom stereocenters. The molecule has 0 N–H and O–H groups in total. The first kappa shape index (κ1) is 14.2. The molecule has 0 saturated carbocycles. The van der Waals surface area contributed by atoms with E-state index in [1.54, 1.807) is 12.2 Å². The minimum Gasteiger partial charge on any atom is -0.460 e. The van der Waals surface area contributed by atoms with Crippen LogP contribution in [-0.2, 0) is 30.5 Å². The molecule has 0 aliphatic carbocycles. The molecule has 0 aromatic rings. The van der Waals surface area contributed by atoms with Crippen molar-refractivity contribution in [2.75, 3.05) is 0 Å². The summed E-state index contributed by atoms with van der Waals surface area (Å²) in [6.07, 6.45) is 3.56. The first-order chi connectivity index (χ1) is 6.60. The van der Waals surface area contributed by atoms with Gasteiger partial charge < -0.3 is 9.47 Å². The fraction of sp³-hybridized carbons (Fsp3) is 0.333. The van der Waals surface area contributed by atoms with E-state index in [0.29, 0.717) is 0 Å². The number of rotatable bonds is 3. The summed E-state index contributed by atoms with van der Waals surface area (Å²) < 4.78 is 11.2. The van der Waals surface area contributed by atoms with Crippen molar-refractivity contribution in [1.29, 1.82) is 0 Å². The molecule has 0 aromatic carbocycles. The second kappa shape index (κ2) is 5.97. The zero-order valence-corrected chi connectivity index (χ0v) is 11.6. The Morgan fingerprint density at radius 3 is 1.87 bits per heavy atom. The summed E-state index contributed by atoms with van der Waals surface area (Å²) >= 11 is 0. The standard InChI is InChI=1S/C12H16O2.Pt/c1-6-11(7-2)12-10(5)13-8(3)9(4)14-12;/h6-7,11H,1-2H2,3-5H3;. The van der Waals surface area contributed by atoms with Crippen molar-refractivity contribution in [1.82, 2.24) is 0 Å². The van der Waals surface area contributed by atoms with Crippen LogP contribution in [0, 0.1) is 5.92 Å². The average Bonchev–Trinajstić information content (AvgIpc) is 2.15. The quantitative estimate of drug-likeness (QED) is 0.691. The number of allylic oxidation sites excluding steroid dienone is 4. The zero-order chi connectivity index (χ0) is 10.7. The third-order valence-electron chi connectivity index (χ3n) is 2.22. The molecule has 15 heavy (non-hydrogen) atoms. The van der Waals surface area contributed by atoms with E-state index in [4.69, 9.17) is 9.47 Å². The Morgan fingerprint density at radius 2 is 1.40 bits per heavy atom. The summed E-state index contributed by atoms with van der Waals surface area (Å²) in [6, 6.07) is 0. The largest absolute Gasteiger partial charge is 0.460 e. The third-order valence-corrected chi connectivity index (χ3v) is 2.22. The zero-order valence-electron chi connectivity index (χ0n) is 9.28. The fourth-order valence-electron chi connectivity index (χ4n) is 1.27. The van der Waals surface area contributed by atoms with Crippen LogP contribution < -0.4 is 0 Å². The van der Waals surface area contributed by atoms with E-state index < -0.39 is 0 Å². The molecule has 0 radical (unpaired) electrons. The van der Waals surface area contributed by atoms with Crippen LogP contribution in [0.25, 0.3) is 0 Å². The summed E-state index contributed by atoms with van der Waals surface area (Å²) in [4.78, 5) is 0. The van der Waals surface area contributed by atoms with Gasteiger partial charge >= 0.3 is 0 Å². The van der Waals surface area contributed by atoms with Gasteiger partial charge in [-0.3, -0.25) is 0 Å². The molecule has 3 heteroatoms. The molecule has 0 amide bonds. The van der Waals surface area contributed by atoms with E-state index >= 15 is 0 Å². The SMILES string of the molecule is C=CC(C=C)C1=C(C)OC(C)=C(C)O1.[Pt]. The van der Waals surface area contributed by atoms with Gasteiger partial charge in [-0.05, 0) is 20.8 Å². The van der Waals surface area contributed by atoms with Gasteiger partial charge in [0.25, 0.3) is 0 Å². The predicted molar refractivity (Wildman–Crippen MR) is 57.1 cm³/mol. The van der Waals surface area contributed by atoms with Crippen molar-refractivity contribution in [2.45, 2.75) is 20.8 Å². The number of hydrogen-bond donors (Lipinski definition) is 0. The molecule has 1 aliphatic heterocycles. The van der Waals surface area contributed by atoms with E-state index in [0.717, 1.165) is 23.0 Å². The number of ether oxygens (including phenoxy) is 2. The molecule has 0 saturated heterocycles. The fourth-order valence-corrected chi connectivity index (χ4v) is 1.27. The van der Waals surface area contributed by atoms with Gasteiger partial charge in [-0.25, -0.2) is 0 Å². The smallest absolute Gasteiger partial charge is 0.152 e. The van der Waals surface area contributed by atoms with Gasteiger partial charge in [-0.1, -0.05) is 12.2 Å². The van der Waals surface area contributed by atoms with Gasteiger partial charge in [0.1, 0.15) is 17.3 Å². The molecule has 1 heterocycles. The van der Waals surface area contributed by atoms with Crippen molar-refractivity contribution in [2.24, 2.45) is 5.92 Å². The maximum absolute atomic E-state index is 5.65. The van der Waals surface area contributed by atoms with Crippen LogP contribution in [0.3, 0.4) is 0 Å². The van der Waals surface area contributed by atoms with Crippen LogP contribution >= 0.6 is 0 Å². The molecule has 0 atom stereocenters. The van der Waals surface area contributed by atoms with Crippen LogP contribution in [0.2, 0.25) is 0 Å². The van der Waals surface area contributed by atoms with Gasteiger partial charge in [0, 0.05) is 21.1 Å². The van der Waals surface area contributed by atoms with Crippen LogP contribution in [-0.4, -0.2) is 0 Å². The van der Waals surface area contributed by atoms with Crippen molar-refractivity contribution in [3.8, 4) is 0 Å². The summed E-state index contributed by atoms with van der Waals surface area (Å²) in [5.74, 6) is 3.16. The molecular weight excluding hydrogens is 371 g/mol. The van der Waals surface area contributed by atoms with Crippen LogP contribution in [0.15, 0.2) is 48.3 Å². The van der Waals surface area contributed by atoms with Gasteiger partial charge in [-0.15, -0.1) is 13.2 Å². The second-order valence-corrected chi connectivity index (χ2v) is 3.23. The minimum atomic E-state index is 0. The monoisotopic (exact) mass is 387 g/mol. The van der Waals surface area contributed by atoms with E-state index in [-0.39, 0.29) is 27.0 Å². The summed E-state index contributed by atoms with van der Waals surface area (Å²) in [7, 11) is 0. The first-order valence-corrected chi connectivity index (χ1v) is 4.59. The second-order valence-electron chi connectivity index (χ2n) is 3.23. The molecule has 0 aromatic heterocycles. The molecule has 0 bridgehead atoms. The van der Waals surface area contributed by atoms with E-state index in [1.165, 1.54) is 0 Å². The van der Waals surface area contributed by atoms with Crippen molar-refractivity contribution in [3.05, 3.63) is 48.3 Å². The molecule has 1 aliphatic rings. The molecular formula is C12H16O2Pt. The Bertz CT molecular complexity index is 319. The number of hydrogen-bond acceptors (Lipinski definition) is 2. The molecule has 1 rings (SSSR count). The van der Waals surface area contributed by atoms with Crippen LogP contribution in [0.4, 0.5) is 0 Å². The Balaban J connectivity index is 0.00000196. The maximum atomic E-state index is 5.65. The minimum absolute atomic E-state index is 0. The van der Waals surface area contributed by atoms with E-state index in [2.05, 4.69) is 13.2 Å².